The second-order valence-electron chi connectivity index (χ2n) is 6.07. The van der Waals surface area contributed by atoms with E-state index in [-0.39, 0.29) is 18.9 Å². The topological polar surface area (TPSA) is 69.7 Å². The lowest BCUT2D eigenvalue weighted by Gasteiger charge is -2.23. The van der Waals surface area contributed by atoms with E-state index in [1.165, 1.54) is 41.1 Å². The first-order chi connectivity index (χ1) is 12.5. The molecule has 26 heavy (non-hydrogen) atoms. The molecule has 0 radical (unpaired) electrons. The number of hydrogen-bond acceptors (Lipinski definition) is 3. The molecule has 2 aromatic rings. The molecule has 0 aliphatic carbocycles. The second-order valence-corrected chi connectivity index (χ2v) is 6.07. The smallest absolute Gasteiger partial charge is 0.315 e. The molecular weight excluding hydrogens is 337 g/mol. The van der Waals surface area contributed by atoms with Gasteiger partial charge in [-0.15, -0.1) is 0 Å². The number of carbonyl (C=O) groups excluding carboxylic acids is 3. The van der Waals surface area contributed by atoms with Gasteiger partial charge in [-0.05, 0) is 29.8 Å². The van der Waals surface area contributed by atoms with Gasteiger partial charge in [-0.1, -0.05) is 30.3 Å². The number of halogens is 1. The van der Waals surface area contributed by atoms with Crippen LogP contribution in [0.2, 0.25) is 0 Å². The molecule has 1 atom stereocenters. The van der Waals surface area contributed by atoms with Crippen molar-refractivity contribution in [1.82, 2.24) is 9.80 Å². The summed E-state index contributed by atoms with van der Waals surface area (Å²) < 4.78 is 12.9. The highest BCUT2D eigenvalue weighted by Gasteiger charge is 2.42. The lowest BCUT2D eigenvalue weighted by atomic mass is 10.2. The molecular formula is C19H18FN3O3. The van der Waals surface area contributed by atoms with Crippen LogP contribution < -0.4 is 5.32 Å². The number of rotatable bonds is 4. The molecule has 1 aliphatic heterocycles. The van der Waals surface area contributed by atoms with Crippen molar-refractivity contribution in [3.63, 3.8) is 0 Å². The molecule has 0 saturated carbocycles. The summed E-state index contributed by atoms with van der Waals surface area (Å²) in [5, 5.41) is 2.58. The first kappa shape index (κ1) is 17.6. The van der Waals surface area contributed by atoms with Crippen molar-refractivity contribution < 1.29 is 18.8 Å². The summed E-state index contributed by atoms with van der Waals surface area (Å²) in [5.74, 6) is -1.13. The van der Waals surface area contributed by atoms with Crippen molar-refractivity contribution in [1.29, 1.82) is 0 Å². The van der Waals surface area contributed by atoms with Gasteiger partial charge in [0.05, 0.1) is 13.0 Å². The van der Waals surface area contributed by atoms with E-state index in [0.717, 1.165) is 5.56 Å². The van der Waals surface area contributed by atoms with Gasteiger partial charge < -0.3 is 10.2 Å². The third-order valence-electron chi connectivity index (χ3n) is 4.29. The zero-order chi connectivity index (χ0) is 18.7. The highest BCUT2D eigenvalue weighted by molar-refractivity contribution is 6.07. The van der Waals surface area contributed by atoms with E-state index in [4.69, 9.17) is 0 Å². The maximum Gasteiger partial charge on any atom is 0.322 e. The van der Waals surface area contributed by atoms with Gasteiger partial charge in [0, 0.05) is 12.7 Å². The van der Waals surface area contributed by atoms with Crippen molar-refractivity contribution >= 4 is 23.5 Å². The summed E-state index contributed by atoms with van der Waals surface area (Å²) in [6.45, 7) is 0.183. The van der Waals surface area contributed by atoms with E-state index < -0.39 is 23.8 Å². The normalized spacial score (nSPS) is 16.7. The average molecular weight is 355 g/mol. The van der Waals surface area contributed by atoms with Crippen molar-refractivity contribution in [2.75, 3.05) is 12.4 Å². The standard InChI is InChI=1S/C19H18FN3O3/c1-22(19(26)21-15-9-7-14(20)8-10-15)16-11-17(24)23(18(16)25)12-13-5-3-2-4-6-13/h2-10,16H,11-12H2,1H3,(H,21,26)/t16-/m1/s1. The lowest BCUT2D eigenvalue weighted by molar-refractivity contribution is -0.140. The third-order valence-corrected chi connectivity index (χ3v) is 4.29. The summed E-state index contributed by atoms with van der Waals surface area (Å²) >= 11 is 0. The molecule has 134 valence electrons. The van der Waals surface area contributed by atoms with E-state index in [1.54, 1.807) is 0 Å². The van der Waals surface area contributed by atoms with Crippen molar-refractivity contribution in [2.45, 2.75) is 19.0 Å². The van der Waals surface area contributed by atoms with Crippen LogP contribution >= 0.6 is 0 Å². The van der Waals surface area contributed by atoms with E-state index in [1.807, 2.05) is 30.3 Å². The van der Waals surface area contributed by atoms with Gasteiger partial charge in [0.1, 0.15) is 11.9 Å². The monoisotopic (exact) mass is 355 g/mol. The number of amides is 4. The van der Waals surface area contributed by atoms with Gasteiger partial charge in [0.2, 0.25) is 5.91 Å². The maximum atomic E-state index is 12.9. The van der Waals surface area contributed by atoms with Crippen LogP contribution in [0.3, 0.4) is 0 Å². The number of hydrogen-bond donors (Lipinski definition) is 1. The molecule has 7 heteroatoms. The average Bonchev–Trinajstić information content (AvgIpc) is 2.92. The summed E-state index contributed by atoms with van der Waals surface area (Å²) in [4.78, 5) is 39.5. The largest absolute Gasteiger partial charge is 0.322 e. The van der Waals surface area contributed by atoms with Gasteiger partial charge in [-0.25, -0.2) is 9.18 Å². The van der Waals surface area contributed by atoms with Crippen LogP contribution in [0.15, 0.2) is 54.6 Å². The zero-order valence-electron chi connectivity index (χ0n) is 14.2. The Bertz CT molecular complexity index is 824. The summed E-state index contributed by atoms with van der Waals surface area (Å²) in [7, 11) is 1.46. The highest BCUT2D eigenvalue weighted by atomic mass is 19.1. The predicted molar refractivity (Wildman–Crippen MR) is 93.6 cm³/mol. The summed E-state index contributed by atoms with van der Waals surface area (Å²) in [5.41, 5.74) is 1.24. The van der Waals surface area contributed by atoms with Crippen LogP contribution in [0.5, 0.6) is 0 Å². The van der Waals surface area contributed by atoms with Gasteiger partial charge in [-0.2, -0.15) is 0 Å². The molecule has 0 spiro atoms. The van der Waals surface area contributed by atoms with Gasteiger partial charge in [0.15, 0.2) is 0 Å². The van der Waals surface area contributed by atoms with Crippen molar-refractivity contribution in [3.8, 4) is 0 Å². The molecule has 0 unspecified atom stereocenters. The van der Waals surface area contributed by atoms with Crippen LogP contribution in [0.4, 0.5) is 14.9 Å². The van der Waals surface area contributed by atoms with E-state index in [2.05, 4.69) is 5.32 Å². The highest BCUT2D eigenvalue weighted by Crippen LogP contribution is 2.21. The number of nitrogens with zero attached hydrogens (tertiary/aromatic N) is 2. The first-order valence-electron chi connectivity index (χ1n) is 8.13. The Labute approximate surface area is 150 Å². The molecule has 1 heterocycles. The Hall–Kier alpha value is -3.22. The number of likely N-dealkylation sites (tertiary alicyclic amines) is 1. The zero-order valence-corrected chi connectivity index (χ0v) is 14.2. The number of carbonyl (C=O) groups is 3. The predicted octanol–water partition coefficient (Wildman–Crippen LogP) is 2.62. The van der Waals surface area contributed by atoms with Crippen molar-refractivity contribution in [2.24, 2.45) is 0 Å². The van der Waals surface area contributed by atoms with Gasteiger partial charge in [0.25, 0.3) is 5.91 Å². The Morgan fingerprint density at radius 2 is 1.81 bits per heavy atom. The van der Waals surface area contributed by atoms with E-state index in [9.17, 15) is 18.8 Å². The minimum absolute atomic E-state index is 0.0565. The maximum absolute atomic E-state index is 12.9. The molecule has 1 aliphatic rings. The molecule has 1 saturated heterocycles. The number of benzene rings is 2. The molecule has 3 rings (SSSR count). The first-order valence-corrected chi connectivity index (χ1v) is 8.13. The van der Waals surface area contributed by atoms with Crippen LogP contribution in [0.25, 0.3) is 0 Å². The Morgan fingerprint density at radius 3 is 2.46 bits per heavy atom. The van der Waals surface area contributed by atoms with Crippen LogP contribution in [-0.4, -0.2) is 40.7 Å². The quantitative estimate of drug-likeness (QED) is 0.857. The summed E-state index contributed by atoms with van der Waals surface area (Å²) in [6.07, 6.45) is -0.0565. The minimum atomic E-state index is -0.855. The fourth-order valence-electron chi connectivity index (χ4n) is 2.79. The van der Waals surface area contributed by atoms with Gasteiger partial charge >= 0.3 is 6.03 Å². The number of anilines is 1. The number of likely N-dealkylation sites (N-methyl/N-ethyl adjacent to an activating group) is 1. The molecule has 2 aromatic carbocycles. The molecule has 0 bridgehead atoms. The fourth-order valence-corrected chi connectivity index (χ4v) is 2.79. The molecule has 1 N–H and O–H groups in total. The Morgan fingerprint density at radius 1 is 1.15 bits per heavy atom. The molecule has 6 nitrogen and oxygen atoms in total. The second kappa shape index (κ2) is 7.35. The van der Waals surface area contributed by atoms with Crippen LogP contribution in [-0.2, 0) is 16.1 Å². The lowest BCUT2D eigenvalue weighted by Crippen LogP contribution is -2.44. The Kier molecular flexibility index (Phi) is 4.97. The van der Waals surface area contributed by atoms with Gasteiger partial charge in [-0.3, -0.25) is 14.5 Å². The number of urea groups is 1. The van der Waals surface area contributed by atoms with E-state index >= 15 is 0 Å². The summed E-state index contributed by atoms with van der Waals surface area (Å²) in [6, 6.07) is 13.1. The minimum Gasteiger partial charge on any atom is -0.315 e. The number of nitrogens with one attached hydrogen (secondary N) is 1. The number of imide groups is 1. The fraction of sp³-hybridized carbons (Fsp3) is 0.211. The molecule has 1 fully saturated rings. The SMILES string of the molecule is CN(C(=O)Nc1ccc(F)cc1)[C@@H]1CC(=O)N(Cc2ccccc2)C1=O. The van der Waals surface area contributed by atoms with Crippen LogP contribution in [0.1, 0.15) is 12.0 Å². The van der Waals surface area contributed by atoms with E-state index in [0.29, 0.717) is 5.69 Å². The van der Waals surface area contributed by atoms with Crippen molar-refractivity contribution in [3.05, 3.63) is 66.0 Å². The van der Waals surface area contributed by atoms with Crippen LogP contribution in [0, 0.1) is 5.82 Å². The molecule has 4 amide bonds. The third kappa shape index (κ3) is 3.72. The Balaban J connectivity index is 1.66. The molecule has 0 aromatic heterocycles.